The van der Waals surface area contributed by atoms with Gasteiger partial charge in [0, 0.05) is 46.5 Å². The summed E-state index contributed by atoms with van der Waals surface area (Å²) in [5, 5.41) is 4.59. The van der Waals surface area contributed by atoms with Gasteiger partial charge in [-0.25, -0.2) is 0 Å². The van der Waals surface area contributed by atoms with E-state index in [1.807, 2.05) is 48.0 Å². The van der Waals surface area contributed by atoms with Crippen molar-refractivity contribution in [2.45, 2.75) is 6.04 Å². The van der Waals surface area contributed by atoms with E-state index < -0.39 is 0 Å². The average Bonchev–Trinajstić information content (AvgIpc) is 3.45. The van der Waals surface area contributed by atoms with Crippen molar-refractivity contribution < 1.29 is 4.79 Å². The van der Waals surface area contributed by atoms with Gasteiger partial charge in [0.2, 0.25) is 0 Å². The Morgan fingerprint density at radius 3 is 1.97 bits per heavy atom. The summed E-state index contributed by atoms with van der Waals surface area (Å²) in [5.74, 6) is 0.0427. The van der Waals surface area contributed by atoms with Crippen LogP contribution < -0.4 is 0 Å². The summed E-state index contributed by atoms with van der Waals surface area (Å²) in [7, 11) is 3.83. The molecule has 1 saturated heterocycles. The first-order chi connectivity index (χ1) is 16.1. The molecule has 0 aliphatic carbocycles. The van der Waals surface area contributed by atoms with E-state index >= 15 is 0 Å². The Morgan fingerprint density at radius 2 is 1.42 bits per heavy atom. The van der Waals surface area contributed by atoms with Gasteiger partial charge in [0.25, 0.3) is 5.91 Å². The van der Waals surface area contributed by atoms with Gasteiger partial charge in [0.05, 0.1) is 11.7 Å². The fraction of sp³-hybridized carbons (Fsp3) is 0.259. The molecule has 0 radical (unpaired) electrons. The molecule has 0 atom stereocenters. The molecule has 0 unspecified atom stereocenters. The summed E-state index contributed by atoms with van der Waals surface area (Å²) in [6, 6.07) is 27.3. The summed E-state index contributed by atoms with van der Waals surface area (Å²) in [6.45, 7) is 3.03. The predicted octanol–water partition coefficient (Wildman–Crippen LogP) is 3.97. The van der Waals surface area contributed by atoms with Crippen molar-refractivity contribution in [1.29, 1.82) is 0 Å². The molecule has 2 aromatic carbocycles. The first-order valence-electron chi connectivity index (χ1n) is 11.4. The van der Waals surface area contributed by atoms with E-state index in [4.69, 9.17) is 0 Å². The first kappa shape index (κ1) is 21.2. The van der Waals surface area contributed by atoms with Crippen LogP contribution in [0.3, 0.4) is 0 Å². The van der Waals surface area contributed by atoms with Gasteiger partial charge in [0.15, 0.2) is 0 Å². The predicted molar refractivity (Wildman–Crippen MR) is 130 cm³/mol. The van der Waals surface area contributed by atoms with Crippen LogP contribution in [0, 0.1) is 0 Å². The maximum atomic E-state index is 13.3. The molecule has 0 bridgehead atoms. The molecule has 0 spiro atoms. The number of nitrogens with zero attached hydrogens (tertiary/aromatic N) is 5. The maximum absolute atomic E-state index is 13.3. The highest BCUT2D eigenvalue weighted by Crippen LogP contribution is 2.30. The van der Waals surface area contributed by atoms with Crippen LogP contribution in [-0.2, 0) is 14.1 Å². The normalized spacial score (nSPS) is 14.7. The van der Waals surface area contributed by atoms with Gasteiger partial charge in [-0.15, -0.1) is 0 Å². The number of piperazine rings is 1. The average molecular weight is 440 g/mol. The minimum absolute atomic E-state index is 0.0427. The number of hydrogen-bond donors (Lipinski definition) is 0. The van der Waals surface area contributed by atoms with E-state index in [-0.39, 0.29) is 11.9 Å². The molecule has 33 heavy (non-hydrogen) atoms. The van der Waals surface area contributed by atoms with Crippen LogP contribution in [0.5, 0.6) is 0 Å². The third-order valence-electron chi connectivity index (χ3n) is 6.50. The zero-order valence-electron chi connectivity index (χ0n) is 19.1. The van der Waals surface area contributed by atoms with Gasteiger partial charge in [-0.2, -0.15) is 5.10 Å². The summed E-state index contributed by atoms with van der Waals surface area (Å²) in [6.07, 6.45) is 1.99. The van der Waals surface area contributed by atoms with E-state index in [9.17, 15) is 4.79 Å². The molecule has 6 nitrogen and oxygen atoms in total. The van der Waals surface area contributed by atoms with Crippen molar-refractivity contribution >= 4 is 5.91 Å². The summed E-state index contributed by atoms with van der Waals surface area (Å²) >= 11 is 0. The van der Waals surface area contributed by atoms with E-state index in [1.54, 1.807) is 4.68 Å². The molecular formula is C27H29N5O. The maximum Gasteiger partial charge on any atom is 0.272 e. The lowest BCUT2D eigenvalue weighted by Gasteiger charge is -2.39. The largest absolute Gasteiger partial charge is 0.349 e. The highest BCUT2D eigenvalue weighted by atomic mass is 16.2. The third-order valence-corrected chi connectivity index (χ3v) is 6.50. The van der Waals surface area contributed by atoms with Crippen molar-refractivity contribution in [2.75, 3.05) is 26.2 Å². The van der Waals surface area contributed by atoms with Gasteiger partial charge in [0.1, 0.15) is 11.4 Å². The van der Waals surface area contributed by atoms with Gasteiger partial charge < -0.3 is 9.47 Å². The standard InChI is InChI=1S/C27H29N5O/c1-29-15-9-14-24(29)23-20-25(30(2)28-23)27(33)32-18-16-31(17-19-32)26(21-10-5-3-6-11-21)22-12-7-4-8-13-22/h3-15,20,26H,16-19H2,1-2H3. The lowest BCUT2D eigenvalue weighted by Crippen LogP contribution is -2.50. The lowest BCUT2D eigenvalue weighted by atomic mass is 9.96. The summed E-state index contributed by atoms with van der Waals surface area (Å²) in [5.41, 5.74) is 5.01. The van der Waals surface area contributed by atoms with E-state index in [2.05, 4.69) is 70.7 Å². The Balaban J connectivity index is 1.33. The van der Waals surface area contributed by atoms with Crippen LogP contribution in [0.4, 0.5) is 0 Å². The molecular weight excluding hydrogens is 410 g/mol. The van der Waals surface area contributed by atoms with Crippen LogP contribution in [-0.4, -0.2) is 56.2 Å². The quantitative estimate of drug-likeness (QED) is 0.473. The zero-order valence-corrected chi connectivity index (χ0v) is 19.1. The van der Waals surface area contributed by atoms with Gasteiger partial charge in [-0.05, 0) is 29.3 Å². The number of hydrogen-bond acceptors (Lipinski definition) is 3. The topological polar surface area (TPSA) is 46.3 Å². The SMILES string of the molecule is Cn1cccc1-c1cc(C(=O)N2CCN(C(c3ccccc3)c3ccccc3)CC2)n(C)n1. The van der Waals surface area contributed by atoms with Crippen LogP contribution in [0.15, 0.2) is 85.1 Å². The molecule has 0 N–H and O–H groups in total. The molecule has 2 aromatic heterocycles. The molecule has 1 amide bonds. The zero-order chi connectivity index (χ0) is 22.8. The second-order valence-corrected chi connectivity index (χ2v) is 8.59. The minimum Gasteiger partial charge on any atom is -0.349 e. The van der Waals surface area contributed by atoms with Crippen LogP contribution >= 0.6 is 0 Å². The number of benzene rings is 2. The molecule has 4 aromatic rings. The molecule has 1 fully saturated rings. The molecule has 1 aliphatic rings. The van der Waals surface area contributed by atoms with Crippen molar-refractivity contribution in [3.8, 4) is 11.4 Å². The molecule has 6 heteroatoms. The summed E-state index contributed by atoms with van der Waals surface area (Å²) < 4.78 is 3.72. The fourth-order valence-electron chi connectivity index (χ4n) is 4.75. The molecule has 0 saturated carbocycles. The highest BCUT2D eigenvalue weighted by molar-refractivity contribution is 5.93. The van der Waals surface area contributed by atoms with Gasteiger partial charge >= 0.3 is 0 Å². The van der Waals surface area contributed by atoms with Crippen LogP contribution in [0.1, 0.15) is 27.7 Å². The molecule has 1 aliphatic heterocycles. The Bertz CT molecular complexity index is 1180. The minimum atomic E-state index is 0.0427. The third kappa shape index (κ3) is 4.22. The highest BCUT2D eigenvalue weighted by Gasteiger charge is 2.29. The lowest BCUT2D eigenvalue weighted by molar-refractivity contribution is 0.0587. The number of aryl methyl sites for hydroxylation is 2. The first-order valence-corrected chi connectivity index (χ1v) is 11.4. The number of carbonyl (C=O) groups excluding carboxylic acids is 1. The van der Waals surface area contributed by atoms with E-state index in [0.29, 0.717) is 18.8 Å². The monoisotopic (exact) mass is 439 g/mol. The van der Waals surface area contributed by atoms with E-state index in [0.717, 1.165) is 24.5 Å². The molecule has 3 heterocycles. The number of amides is 1. The Kier molecular flexibility index (Phi) is 5.84. The second-order valence-electron chi connectivity index (χ2n) is 8.59. The van der Waals surface area contributed by atoms with Gasteiger partial charge in [-0.3, -0.25) is 14.4 Å². The summed E-state index contributed by atoms with van der Waals surface area (Å²) in [4.78, 5) is 17.8. The number of rotatable bonds is 5. The molecule has 168 valence electrons. The van der Waals surface area contributed by atoms with Crippen molar-refractivity contribution in [2.24, 2.45) is 14.1 Å². The van der Waals surface area contributed by atoms with Crippen molar-refractivity contribution in [1.82, 2.24) is 24.1 Å². The Morgan fingerprint density at radius 1 is 0.818 bits per heavy atom. The van der Waals surface area contributed by atoms with E-state index in [1.165, 1.54) is 11.1 Å². The van der Waals surface area contributed by atoms with Crippen LogP contribution in [0.25, 0.3) is 11.4 Å². The Labute approximate surface area is 194 Å². The second kappa shape index (κ2) is 9.08. The Hall–Kier alpha value is -3.64. The van der Waals surface area contributed by atoms with Gasteiger partial charge in [-0.1, -0.05) is 60.7 Å². The van der Waals surface area contributed by atoms with Crippen LogP contribution in [0.2, 0.25) is 0 Å². The van der Waals surface area contributed by atoms with Crippen molar-refractivity contribution in [3.63, 3.8) is 0 Å². The number of carbonyl (C=O) groups is 1. The number of aromatic nitrogens is 3. The smallest absolute Gasteiger partial charge is 0.272 e. The van der Waals surface area contributed by atoms with Crippen molar-refractivity contribution in [3.05, 3.63) is 102 Å². The molecule has 5 rings (SSSR count). The fourth-order valence-corrected chi connectivity index (χ4v) is 4.75.